The van der Waals surface area contributed by atoms with Gasteiger partial charge in [-0.25, -0.2) is 0 Å². The molecule has 132 valence electrons. The average molecular weight is 339 g/mol. The van der Waals surface area contributed by atoms with Crippen molar-refractivity contribution in [1.82, 2.24) is 0 Å². The van der Waals surface area contributed by atoms with Gasteiger partial charge in [0.05, 0.1) is 26.9 Å². The molecule has 4 nitrogen and oxygen atoms in total. The van der Waals surface area contributed by atoms with Crippen LogP contribution in [0.4, 0.5) is 0 Å². The standard InChI is InChI=1S/C21H25NO3/c1-15(9-10-16-7-5-6-8-19(16)23-2)11-17-12-21(25-4)18(14-22)13-20(17)24-3/h5-8,12-13,15H,9-11H2,1-4H3. The third-order valence-corrected chi connectivity index (χ3v) is 4.39. The molecule has 0 heterocycles. The first-order valence-electron chi connectivity index (χ1n) is 8.39. The van der Waals surface area contributed by atoms with E-state index in [1.807, 2.05) is 24.3 Å². The summed E-state index contributed by atoms with van der Waals surface area (Å²) in [5.74, 6) is 2.72. The molecule has 0 aliphatic carbocycles. The Bertz CT molecular complexity index is 749. The van der Waals surface area contributed by atoms with Gasteiger partial charge in [-0.3, -0.25) is 0 Å². The summed E-state index contributed by atoms with van der Waals surface area (Å²) in [4.78, 5) is 0. The number of rotatable bonds is 8. The maximum Gasteiger partial charge on any atom is 0.137 e. The Kier molecular flexibility index (Phi) is 6.71. The van der Waals surface area contributed by atoms with Crippen LogP contribution < -0.4 is 14.2 Å². The lowest BCUT2D eigenvalue weighted by atomic mass is 9.93. The van der Waals surface area contributed by atoms with Crippen molar-refractivity contribution >= 4 is 0 Å². The second-order valence-corrected chi connectivity index (χ2v) is 6.14. The molecule has 1 unspecified atom stereocenters. The van der Waals surface area contributed by atoms with E-state index in [-0.39, 0.29) is 0 Å². The summed E-state index contributed by atoms with van der Waals surface area (Å²) in [7, 11) is 4.92. The van der Waals surface area contributed by atoms with Gasteiger partial charge in [0.2, 0.25) is 0 Å². The largest absolute Gasteiger partial charge is 0.496 e. The first-order valence-corrected chi connectivity index (χ1v) is 8.39. The van der Waals surface area contributed by atoms with Crippen LogP contribution in [0.15, 0.2) is 36.4 Å². The van der Waals surface area contributed by atoms with E-state index in [0.29, 0.717) is 17.2 Å². The summed E-state index contributed by atoms with van der Waals surface area (Å²) in [6.45, 7) is 2.22. The normalized spacial score (nSPS) is 11.5. The van der Waals surface area contributed by atoms with Gasteiger partial charge in [0, 0.05) is 6.07 Å². The Morgan fingerprint density at radius 2 is 1.60 bits per heavy atom. The zero-order valence-electron chi connectivity index (χ0n) is 15.3. The third kappa shape index (κ3) is 4.67. The number of benzene rings is 2. The van der Waals surface area contributed by atoms with Gasteiger partial charge in [0.15, 0.2) is 0 Å². The third-order valence-electron chi connectivity index (χ3n) is 4.39. The van der Waals surface area contributed by atoms with E-state index >= 15 is 0 Å². The minimum Gasteiger partial charge on any atom is -0.496 e. The molecule has 2 rings (SSSR count). The summed E-state index contributed by atoms with van der Waals surface area (Å²) in [6, 6.07) is 13.9. The molecular weight excluding hydrogens is 314 g/mol. The van der Waals surface area contributed by atoms with Crippen LogP contribution in [0.1, 0.15) is 30.0 Å². The fraction of sp³-hybridized carbons (Fsp3) is 0.381. The van der Waals surface area contributed by atoms with Gasteiger partial charge >= 0.3 is 0 Å². The van der Waals surface area contributed by atoms with E-state index in [1.54, 1.807) is 27.4 Å². The molecule has 0 saturated heterocycles. The van der Waals surface area contributed by atoms with Gasteiger partial charge in [0.25, 0.3) is 0 Å². The van der Waals surface area contributed by atoms with Crippen LogP contribution in [0.5, 0.6) is 17.2 Å². The zero-order valence-corrected chi connectivity index (χ0v) is 15.3. The zero-order chi connectivity index (χ0) is 18.2. The van der Waals surface area contributed by atoms with Crippen LogP contribution in [0.2, 0.25) is 0 Å². The van der Waals surface area contributed by atoms with E-state index in [2.05, 4.69) is 19.1 Å². The lowest BCUT2D eigenvalue weighted by Gasteiger charge is -2.16. The number of aryl methyl sites for hydroxylation is 1. The molecule has 0 saturated carbocycles. The summed E-state index contributed by atoms with van der Waals surface area (Å²) >= 11 is 0. The van der Waals surface area contributed by atoms with Crippen LogP contribution in [0.3, 0.4) is 0 Å². The molecule has 0 spiro atoms. The Balaban J connectivity index is 2.09. The van der Waals surface area contributed by atoms with Gasteiger partial charge < -0.3 is 14.2 Å². The molecule has 1 atom stereocenters. The molecule has 0 aromatic heterocycles. The van der Waals surface area contributed by atoms with Crippen LogP contribution in [0.25, 0.3) is 0 Å². The predicted molar refractivity (Wildman–Crippen MR) is 98.4 cm³/mol. The van der Waals surface area contributed by atoms with Crippen molar-refractivity contribution in [3.05, 3.63) is 53.1 Å². The van der Waals surface area contributed by atoms with Gasteiger partial charge in [-0.15, -0.1) is 0 Å². The monoisotopic (exact) mass is 339 g/mol. The maximum atomic E-state index is 9.20. The quantitative estimate of drug-likeness (QED) is 0.715. The molecule has 0 amide bonds. The molecule has 0 aliphatic rings. The fourth-order valence-electron chi connectivity index (χ4n) is 3.00. The smallest absolute Gasteiger partial charge is 0.137 e. The molecule has 25 heavy (non-hydrogen) atoms. The Morgan fingerprint density at radius 1 is 0.920 bits per heavy atom. The number of nitriles is 1. The van der Waals surface area contributed by atoms with E-state index < -0.39 is 0 Å². The lowest BCUT2D eigenvalue weighted by Crippen LogP contribution is -2.05. The van der Waals surface area contributed by atoms with Crippen LogP contribution in [-0.2, 0) is 12.8 Å². The Labute approximate surface area is 150 Å². The van der Waals surface area contributed by atoms with E-state index in [1.165, 1.54) is 5.56 Å². The highest BCUT2D eigenvalue weighted by Gasteiger charge is 2.14. The number of nitrogens with zero attached hydrogens (tertiary/aromatic N) is 1. The van der Waals surface area contributed by atoms with Gasteiger partial charge in [-0.1, -0.05) is 25.1 Å². The van der Waals surface area contributed by atoms with Crippen molar-refractivity contribution in [2.75, 3.05) is 21.3 Å². The first kappa shape index (κ1) is 18.7. The second kappa shape index (κ2) is 8.98. The molecule has 4 heteroatoms. The fourth-order valence-corrected chi connectivity index (χ4v) is 3.00. The predicted octanol–water partition coefficient (Wildman–Crippen LogP) is 4.40. The first-order chi connectivity index (χ1) is 12.1. The van der Waals surface area contributed by atoms with E-state index in [9.17, 15) is 5.26 Å². The van der Waals surface area contributed by atoms with Gasteiger partial charge in [-0.2, -0.15) is 5.26 Å². The Hall–Kier alpha value is -2.67. The number of hydrogen-bond donors (Lipinski definition) is 0. The summed E-state index contributed by atoms with van der Waals surface area (Å²) in [6.07, 6.45) is 2.85. The molecule has 0 bridgehead atoms. The van der Waals surface area contributed by atoms with Crippen LogP contribution in [-0.4, -0.2) is 21.3 Å². The highest BCUT2D eigenvalue weighted by molar-refractivity contribution is 5.52. The minimum atomic E-state index is 0.455. The number of hydrogen-bond acceptors (Lipinski definition) is 4. The molecular formula is C21H25NO3. The highest BCUT2D eigenvalue weighted by atomic mass is 16.5. The van der Waals surface area contributed by atoms with Crippen molar-refractivity contribution in [2.45, 2.75) is 26.2 Å². The van der Waals surface area contributed by atoms with Crippen molar-refractivity contribution in [3.63, 3.8) is 0 Å². The average Bonchev–Trinajstić information content (AvgIpc) is 2.66. The van der Waals surface area contributed by atoms with Crippen LogP contribution >= 0.6 is 0 Å². The molecule has 2 aromatic rings. The number of para-hydroxylation sites is 1. The number of ether oxygens (including phenoxy) is 3. The topological polar surface area (TPSA) is 51.5 Å². The van der Waals surface area contributed by atoms with Crippen molar-refractivity contribution < 1.29 is 14.2 Å². The maximum absolute atomic E-state index is 9.20. The SMILES string of the molecule is COc1cc(CC(C)CCc2ccccc2OC)c(OC)cc1C#N. The van der Waals surface area contributed by atoms with E-state index in [4.69, 9.17) is 14.2 Å². The molecule has 0 N–H and O–H groups in total. The van der Waals surface area contributed by atoms with Gasteiger partial charge in [0.1, 0.15) is 23.3 Å². The summed E-state index contributed by atoms with van der Waals surface area (Å²) in [5.41, 5.74) is 2.77. The van der Waals surface area contributed by atoms with Crippen molar-refractivity contribution in [1.29, 1.82) is 5.26 Å². The van der Waals surface area contributed by atoms with Crippen LogP contribution in [0, 0.1) is 17.2 Å². The number of methoxy groups -OCH3 is 3. The van der Waals surface area contributed by atoms with Gasteiger partial charge in [-0.05, 0) is 48.4 Å². The Morgan fingerprint density at radius 3 is 2.24 bits per heavy atom. The highest BCUT2D eigenvalue weighted by Crippen LogP contribution is 2.31. The molecule has 0 aliphatic heterocycles. The molecule has 2 aromatic carbocycles. The van der Waals surface area contributed by atoms with Crippen molar-refractivity contribution in [2.24, 2.45) is 5.92 Å². The summed E-state index contributed by atoms with van der Waals surface area (Å²) < 4.78 is 16.2. The second-order valence-electron chi connectivity index (χ2n) is 6.14. The molecule has 0 radical (unpaired) electrons. The van der Waals surface area contributed by atoms with E-state index in [0.717, 1.165) is 36.3 Å². The summed E-state index contributed by atoms with van der Waals surface area (Å²) in [5, 5.41) is 9.20. The van der Waals surface area contributed by atoms with Crippen molar-refractivity contribution in [3.8, 4) is 23.3 Å². The molecule has 0 fully saturated rings. The minimum absolute atomic E-state index is 0.455. The lowest BCUT2D eigenvalue weighted by molar-refractivity contribution is 0.392.